The number of rotatable bonds is 4. The zero-order chi connectivity index (χ0) is 22.3. The fourth-order valence-corrected chi connectivity index (χ4v) is 3.20. The Morgan fingerprint density at radius 2 is 1.87 bits per heavy atom. The van der Waals surface area contributed by atoms with Gasteiger partial charge in [0.1, 0.15) is 11.3 Å². The monoisotopic (exact) mass is 429 g/mol. The summed E-state index contributed by atoms with van der Waals surface area (Å²) in [6.07, 6.45) is -4.69. The molecule has 11 heteroatoms. The molecule has 0 radical (unpaired) electrons. The maximum absolute atomic E-state index is 13.5. The lowest BCUT2D eigenvalue weighted by molar-refractivity contribution is -0.137. The van der Waals surface area contributed by atoms with E-state index in [1.807, 2.05) is 0 Å². The molecule has 31 heavy (non-hydrogen) atoms. The Kier molecular flexibility index (Phi) is 4.72. The highest BCUT2D eigenvalue weighted by molar-refractivity contribution is 6.02. The molecule has 0 unspecified atom stereocenters. The molecule has 3 N–H and O–H groups in total. The predicted molar refractivity (Wildman–Crippen MR) is 105 cm³/mol. The third kappa shape index (κ3) is 3.50. The minimum atomic E-state index is -4.69. The number of benzene rings is 2. The van der Waals surface area contributed by atoms with Crippen molar-refractivity contribution in [1.29, 1.82) is 0 Å². The number of aromatic nitrogens is 4. The number of carbonyl (C=O) groups excluding carboxylic acids is 1. The number of fused-ring (bicyclic) bond motifs is 1. The van der Waals surface area contributed by atoms with Crippen molar-refractivity contribution in [3.63, 3.8) is 0 Å². The van der Waals surface area contributed by atoms with E-state index in [1.165, 1.54) is 31.4 Å². The predicted octanol–water partition coefficient (Wildman–Crippen LogP) is 2.90. The smallest absolute Gasteiger partial charge is 0.417 e. The summed E-state index contributed by atoms with van der Waals surface area (Å²) in [4.78, 5) is 35.2. The highest BCUT2D eigenvalue weighted by Gasteiger charge is 2.34. The maximum Gasteiger partial charge on any atom is 0.417 e. The molecule has 0 aliphatic rings. The normalized spacial score (nSPS) is 11.6. The molecule has 1 amide bonds. The lowest BCUT2D eigenvalue weighted by Crippen LogP contribution is -2.16. The Hall–Kier alpha value is -4.15. The number of nitrogens with one attached hydrogen (secondary N) is 1. The molecule has 4 aromatic rings. The van der Waals surface area contributed by atoms with Crippen LogP contribution in [0.4, 0.5) is 13.2 Å². The summed E-state index contributed by atoms with van der Waals surface area (Å²) < 4.78 is 46.8. The molecule has 158 valence electrons. The molecule has 0 atom stereocenters. The van der Waals surface area contributed by atoms with Gasteiger partial charge in [-0.15, -0.1) is 0 Å². The van der Waals surface area contributed by atoms with E-state index in [4.69, 9.17) is 10.5 Å². The fraction of sp³-hybridized carbons (Fsp3) is 0.100. The molecule has 2 aromatic heterocycles. The summed E-state index contributed by atoms with van der Waals surface area (Å²) in [6.45, 7) is 0. The largest absolute Gasteiger partial charge is 0.497 e. The number of ether oxygens (including phenoxy) is 1. The highest BCUT2D eigenvalue weighted by Crippen LogP contribution is 2.36. The number of nitrogens with two attached hydrogens (primary N) is 1. The molecule has 8 nitrogen and oxygen atoms in total. The highest BCUT2D eigenvalue weighted by atomic mass is 19.4. The number of halogens is 3. The molecule has 0 bridgehead atoms. The third-order valence-corrected chi connectivity index (χ3v) is 4.56. The first-order chi connectivity index (χ1) is 14.7. The molecule has 4 rings (SSSR count). The molecule has 0 spiro atoms. The number of hydrogen-bond donors (Lipinski definition) is 2. The van der Waals surface area contributed by atoms with Crippen LogP contribution in [0.5, 0.6) is 5.75 Å². The Morgan fingerprint density at radius 1 is 1.13 bits per heavy atom. The molecule has 2 aromatic carbocycles. The standard InChI is InChI=1S/C20H14F3N5O3/c1-31-11-6-4-5-10(9-11)28-18-15(26-19(28)30)14(16(24)29)25-17(27-18)12-7-2-3-8-13(12)20(21,22)23/h2-9H,1H3,(H2,24,29)(H,26,30). The number of aromatic amines is 1. The average Bonchev–Trinajstić information content (AvgIpc) is 3.07. The number of amides is 1. The van der Waals surface area contributed by atoms with Crippen LogP contribution in [0.3, 0.4) is 0 Å². The van der Waals surface area contributed by atoms with E-state index in [0.29, 0.717) is 11.4 Å². The summed E-state index contributed by atoms with van der Waals surface area (Å²) in [7, 11) is 1.44. The van der Waals surface area contributed by atoms with Crippen molar-refractivity contribution in [2.75, 3.05) is 7.11 Å². The first kappa shape index (κ1) is 20.1. The van der Waals surface area contributed by atoms with Crippen LogP contribution in [-0.2, 0) is 6.18 Å². The van der Waals surface area contributed by atoms with Gasteiger partial charge in [0, 0.05) is 11.6 Å². The topological polar surface area (TPSA) is 116 Å². The molecular weight excluding hydrogens is 415 g/mol. The van der Waals surface area contributed by atoms with Crippen molar-refractivity contribution in [2.45, 2.75) is 6.18 Å². The summed E-state index contributed by atoms with van der Waals surface area (Å²) in [5, 5.41) is 0. The van der Waals surface area contributed by atoms with Gasteiger partial charge < -0.3 is 15.5 Å². The van der Waals surface area contributed by atoms with Gasteiger partial charge in [0.2, 0.25) is 0 Å². The third-order valence-electron chi connectivity index (χ3n) is 4.56. The van der Waals surface area contributed by atoms with Crippen molar-refractivity contribution in [3.05, 3.63) is 70.3 Å². The quantitative estimate of drug-likeness (QED) is 0.518. The van der Waals surface area contributed by atoms with Crippen LogP contribution in [0.15, 0.2) is 53.3 Å². The summed E-state index contributed by atoms with van der Waals surface area (Å²) in [5.74, 6) is -0.993. The van der Waals surface area contributed by atoms with Crippen molar-refractivity contribution < 1.29 is 22.7 Å². The second kappa shape index (κ2) is 7.27. The van der Waals surface area contributed by atoms with E-state index < -0.39 is 34.9 Å². The van der Waals surface area contributed by atoms with Crippen LogP contribution in [0.1, 0.15) is 16.1 Å². The molecule has 0 fully saturated rings. The van der Waals surface area contributed by atoms with Crippen LogP contribution in [0, 0.1) is 0 Å². The second-order valence-corrected chi connectivity index (χ2v) is 6.47. The van der Waals surface area contributed by atoms with Gasteiger partial charge in [0.25, 0.3) is 5.91 Å². The van der Waals surface area contributed by atoms with Gasteiger partial charge in [-0.2, -0.15) is 13.2 Å². The van der Waals surface area contributed by atoms with Crippen molar-refractivity contribution in [1.82, 2.24) is 19.5 Å². The Bertz CT molecular complexity index is 1370. The van der Waals surface area contributed by atoms with E-state index >= 15 is 0 Å². The Balaban J connectivity index is 2.07. The number of H-pyrrole nitrogens is 1. The van der Waals surface area contributed by atoms with Crippen LogP contribution >= 0.6 is 0 Å². The van der Waals surface area contributed by atoms with Crippen molar-refractivity contribution in [3.8, 4) is 22.8 Å². The van der Waals surface area contributed by atoms with Gasteiger partial charge >= 0.3 is 11.9 Å². The van der Waals surface area contributed by atoms with Gasteiger partial charge in [-0.05, 0) is 18.2 Å². The van der Waals surface area contributed by atoms with Crippen molar-refractivity contribution in [2.24, 2.45) is 5.73 Å². The first-order valence-electron chi connectivity index (χ1n) is 8.84. The minimum absolute atomic E-state index is 0.0893. The number of methoxy groups -OCH3 is 1. The summed E-state index contributed by atoms with van der Waals surface area (Å²) >= 11 is 0. The lowest BCUT2D eigenvalue weighted by Gasteiger charge is -2.12. The Labute approximate surface area is 172 Å². The molecular formula is C20H14F3N5O3. The van der Waals surface area contributed by atoms with E-state index in [-0.39, 0.29) is 16.7 Å². The van der Waals surface area contributed by atoms with Crippen molar-refractivity contribution >= 4 is 17.1 Å². The minimum Gasteiger partial charge on any atom is -0.497 e. The van der Waals surface area contributed by atoms with E-state index in [0.717, 1.165) is 10.6 Å². The Morgan fingerprint density at radius 3 is 2.55 bits per heavy atom. The fourth-order valence-electron chi connectivity index (χ4n) is 3.20. The van der Waals surface area contributed by atoms with E-state index in [2.05, 4.69) is 15.0 Å². The summed E-state index contributed by atoms with van der Waals surface area (Å²) in [6, 6.07) is 11.0. The number of imidazole rings is 1. The van der Waals surface area contributed by atoms with Gasteiger partial charge in [-0.25, -0.2) is 19.3 Å². The van der Waals surface area contributed by atoms with E-state index in [1.54, 1.807) is 18.2 Å². The molecule has 0 aliphatic carbocycles. The van der Waals surface area contributed by atoms with Crippen LogP contribution in [-0.4, -0.2) is 32.5 Å². The molecule has 0 saturated carbocycles. The van der Waals surface area contributed by atoms with Gasteiger partial charge in [-0.1, -0.05) is 24.3 Å². The average molecular weight is 429 g/mol. The lowest BCUT2D eigenvalue weighted by atomic mass is 10.1. The number of hydrogen-bond acceptors (Lipinski definition) is 5. The maximum atomic E-state index is 13.5. The van der Waals surface area contributed by atoms with Gasteiger partial charge in [0.05, 0.1) is 18.4 Å². The number of nitrogens with zero attached hydrogens (tertiary/aromatic N) is 3. The SMILES string of the molecule is COc1cccc(-n2c(=O)[nH]c3c(C(N)=O)nc(-c4ccccc4C(F)(F)F)nc32)c1. The van der Waals surface area contributed by atoms with E-state index in [9.17, 15) is 22.8 Å². The zero-order valence-corrected chi connectivity index (χ0v) is 15.9. The van der Waals surface area contributed by atoms with Gasteiger partial charge in [0.15, 0.2) is 17.2 Å². The number of alkyl halides is 3. The van der Waals surface area contributed by atoms with Crippen LogP contribution in [0.2, 0.25) is 0 Å². The van der Waals surface area contributed by atoms with Gasteiger partial charge in [-0.3, -0.25) is 4.79 Å². The molecule has 0 aliphatic heterocycles. The summed E-state index contributed by atoms with van der Waals surface area (Å²) in [5.41, 5.74) is 3.09. The zero-order valence-electron chi connectivity index (χ0n) is 15.9. The molecule has 2 heterocycles. The van der Waals surface area contributed by atoms with Crippen LogP contribution in [0.25, 0.3) is 28.2 Å². The second-order valence-electron chi connectivity index (χ2n) is 6.47. The first-order valence-corrected chi connectivity index (χ1v) is 8.84. The molecule has 0 saturated heterocycles. The van der Waals surface area contributed by atoms with Crippen LogP contribution < -0.4 is 16.2 Å². The number of primary amides is 1. The number of carbonyl (C=O) groups is 1.